The van der Waals surface area contributed by atoms with Gasteiger partial charge in [-0.25, -0.2) is 9.96 Å². The molecular formula is C28H22N2O4. The van der Waals surface area contributed by atoms with Crippen molar-refractivity contribution >= 4 is 34.0 Å². The van der Waals surface area contributed by atoms with Crippen molar-refractivity contribution in [3.05, 3.63) is 103 Å². The van der Waals surface area contributed by atoms with Gasteiger partial charge in [-0.2, -0.15) is 0 Å². The van der Waals surface area contributed by atoms with Crippen molar-refractivity contribution < 1.29 is 19.2 Å². The molecule has 2 aliphatic heterocycles. The number of amides is 2. The molecule has 2 heterocycles. The fourth-order valence-corrected chi connectivity index (χ4v) is 5.02. The van der Waals surface area contributed by atoms with Crippen LogP contribution in [0, 0.1) is 5.92 Å². The van der Waals surface area contributed by atoms with Crippen molar-refractivity contribution in [2.45, 2.75) is 12.1 Å². The van der Waals surface area contributed by atoms with Gasteiger partial charge < -0.3 is 4.74 Å². The van der Waals surface area contributed by atoms with Gasteiger partial charge in [0.1, 0.15) is 11.7 Å². The number of ether oxygens (including phenoxy) is 1. The Labute approximate surface area is 196 Å². The minimum absolute atomic E-state index is 0.267. The molecule has 2 amide bonds. The third-order valence-electron chi connectivity index (χ3n) is 6.60. The Bertz CT molecular complexity index is 1380. The first kappa shape index (κ1) is 20.4. The quantitative estimate of drug-likeness (QED) is 0.414. The summed E-state index contributed by atoms with van der Waals surface area (Å²) in [5.41, 5.74) is 2.26. The second-order valence-electron chi connectivity index (χ2n) is 8.44. The number of hydroxylamine groups is 1. The highest BCUT2D eigenvalue weighted by Gasteiger charge is 2.60. The lowest BCUT2D eigenvalue weighted by atomic mass is 9.87. The number of nitrogens with zero attached hydrogens (tertiary/aromatic N) is 2. The molecule has 2 saturated heterocycles. The maximum atomic E-state index is 13.8. The Morgan fingerprint density at radius 3 is 2.21 bits per heavy atom. The lowest BCUT2D eigenvalue weighted by Crippen LogP contribution is -2.37. The van der Waals surface area contributed by atoms with E-state index in [-0.39, 0.29) is 11.8 Å². The standard InChI is InChI=1S/C28H22N2O4/c1-33-21-16-14-19(15-17-21)29-27(31)24-25(23-13-7-9-18-8-5-6-12-22(18)23)30(34-26(24)28(29)32)20-10-3-2-4-11-20/h2-17,24-26H,1H3/t24-,25-,26-/m1/s1. The molecule has 0 bridgehead atoms. The van der Waals surface area contributed by atoms with Crippen molar-refractivity contribution in [3.8, 4) is 5.75 Å². The number of hydrogen-bond acceptors (Lipinski definition) is 5. The molecule has 0 unspecified atom stereocenters. The molecule has 0 aliphatic carbocycles. The SMILES string of the molecule is COc1ccc(N2C(=O)[C@@H]3[C@@H](c4cccc5ccccc45)N(c4ccccc4)O[C@H]3C2=O)cc1. The number of carbonyl (C=O) groups is 2. The van der Waals surface area contributed by atoms with Crippen LogP contribution in [0.15, 0.2) is 97.1 Å². The van der Waals surface area contributed by atoms with Crippen LogP contribution in [0.1, 0.15) is 11.6 Å². The summed E-state index contributed by atoms with van der Waals surface area (Å²) in [5.74, 6) is -0.649. The van der Waals surface area contributed by atoms with Crippen LogP contribution in [0.25, 0.3) is 10.8 Å². The van der Waals surface area contributed by atoms with Crippen molar-refractivity contribution in [2.75, 3.05) is 17.1 Å². The van der Waals surface area contributed by atoms with E-state index in [1.54, 1.807) is 36.4 Å². The summed E-state index contributed by atoms with van der Waals surface area (Å²) in [5, 5.41) is 3.83. The molecule has 6 nitrogen and oxygen atoms in total. The third kappa shape index (κ3) is 3.07. The fourth-order valence-electron chi connectivity index (χ4n) is 5.02. The van der Waals surface area contributed by atoms with E-state index in [4.69, 9.17) is 9.57 Å². The van der Waals surface area contributed by atoms with Crippen molar-refractivity contribution in [1.82, 2.24) is 0 Å². The van der Waals surface area contributed by atoms with Gasteiger partial charge in [0.2, 0.25) is 5.91 Å². The molecule has 6 heteroatoms. The zero-order chi connectivity index (χ0) is 23.2. The number of benzene rings is 4. The molecule has 4 aromatic carbocycles. The number of para-hydroxylation sites is 1. The van der Waals surface area contributed by atoms with Crippen LogP contribution >= 0.6 is 0 Å². The smallest absolute Gasteiger partial charge is 0.266 e. The van der Waals surface area contributed by atoms with E-state index >= 15 is 0 Å². The van der Waals surface area contributed by atoms with Gasteiger partial charge in [0, 0.05) is 0 Å². The maximum absolute atomic E-state index is 13.8. The normalized spacial score (nSPS) is 21.9. The average molecular weight is 450 g/mol. The van der Waals surface area contributed by atoms with Gasteiger partial charge in [-0.05, 0) is 52.7 Å². The zero-order valence-corrected chi connectivity index (χ0v) is 18.5. The average Bonchev–Trinajstić information content (AvgIpc) is 3.40. The van der Waals surface area contributed by atoms with E-state index in [9.17, 15) is 9.59 Å². The van der Waals surface area contributed by atoms with Crippen LogP contribution in [0.4, 0.5) is 11.4 Å². The topological polar surface area (TPSA) is 59.1 Å². The summed E-state index contributed by atoms with van der Waals surface area (Å²) < 4.78 is 5.22. The van der Waals surface area contributed by atoms with E-state index in [1.807, 2.05) is 72.8 Å². The molecule has 0 N–H and O–H groups in total. The lowest BCUT2D eigenvalue weighted by molar-refractivity contribution is -0.126. The van der Waals surface area contributed by atoms with Crippen LogP contribution in [-0.2, 0) is 14.4 Å². The first-order chi connectivity index (χ1) is 16.7. The van der Waals surface area contributed by atoms with E-state index in [0.29, 0.717) is 11.4 Å². The number of fused-ring (bicyclic) bond motifs is 2. The number of anilines is 2. The lowest BCUT2D eigenvalue weighted by Gasteiger charge is -2.29. The molecular weight excluding hydrogens is 428 g/mol. The molecule has 0 aromatic heterocycles. The Balaban J connectivity index is 1.48. The second kappa shape index (κ2) is 8.01. The highest BCUT2D eigenvalue weighted by atomic mass is 16.7. The molecule has 2 aliphatic rings. The Morgan fingerprint density at radius 1 is 0.735 bits per heavy atom. The van der Waals surface area contributed by atoms with Crippen LogP contribution in [0.3, 0.4) is 0 Å². The molecule has 6 rings (SSSR count). The molecule has 34 heavy (non-hydrogen) atoms. The predicted octanol–water partition coefficient (Wildman–Crippen LogP) is 4.90. The first-order valence-electron chi connectivity index (χ1n) is 11.2. The first-order valence-corrected chi connectivity index (χ1v) is 11.2. The van der Waals surface area contributed by atoms with Crippen LogP contribution in [0.5, 0.6) is 5.75 Å². The van der Waals surface area contributed by atoms with Gasteiger partial charge in [0.05, 0.1) is 24.5 Å². The van der Waals surface area contributed by atoms with Gasteiger partial charge >= 0.3 is 0 Å². The van der Waals surface area contributed by atoms with Gasteiger partial charge in [0.25, 0.3) is 5.91 Å². The number of hydrogen-bond donors (Lipinski definition) is 0. The van der Waals surface area contributed by atoms with Crippen molar-refractivity contribution in [1.29, 1.82) is 0 Å². The Morgan fingerprint density at radius 2 is 1.44 bits per heavy atom. The minimum atomic E-state index is -0.904. The molecule has 168 valence electrons. The number of methoxy groups -OCH3 is 1. The fraction of sp³-hybridized carbons (Fsp3) is 0.143. The molecule has 0 saturated carbocycles. The van der Waals surface area contributed by atoms with Crippen LogP contribution in [0.2, 0.25) is 0 Å². The van der Waals surface area contributed by atoms with E-state index in [0.717, 1.165) is 22.0 Å². The summed E-state index contributed by atoms with van der Waals surface area (Å²) >= 11 is 0. The molecule has 0 spiro atoms. The number of carbonyl (C=O) groups excluding carboxylic acids is 2. The largest absolute Gasteiger partial charge is 0.497 e. The van der Waals surface area contributed by atoms with Crippen LogP contribution in [-0.4, -0.2) is 25.0 Å². The van der Waals surface area contributed by atoms with Gasteiger partial charge in [-0.3, -0.25) is 14.4 Å². The van der Waals surface area contributed by atoms with Crippen molar-refractivity contribution in [2.24, 2.45) is 5.92 Å². The molecule has 3 atom stereocenters. The van der Waals surface area contributed by atoms with Gasteiger partial charge in [-0.1, -0.05) is 60.7 Å². The van der Waals surface area contributed by atoms with E-state index in [1.165, 1.54) is 4.90 Å². The second-order valence-corrected chi connectivity index (χ2v) is 8.44. The van der Waals surface area contributed by atoms with Gasteiger partial charge in [0.15, 0.2) is 6.10 Å². The van der Waals surface area contributed by atoms with E-state index < -0.39 is 18.1 Å². The minimum Gasteiger partial charge on any atom is -0.497 e. The summed E-state index contributed by atoms with van der Waals surface area (Å²) in [6, 6.07) is 30.2. The van der Waals surface area contributed by atoms with Crippen molar-refractivity contribution in [3.63, 3.8) is 0 Å². The monoisotopic (exact) mass is 450 g/mol. The van der Waals surface area contributed by atoms with Gasteiger partial charge in [-0.15, -0.1) is 0 Å². The molecule has 2 fully saturated rings. The molecule has 0 radical (unpaired) electrons. The van der Waals surface area contributed by atoms with Crippen LogP contribution < -0.4 is 14.7 Å². The molecule has 4 aromatic rings. The van der Waals surface area contributed by atoms with E-state index in [2.05, 4.69) is 0 Å². The number of imide groups is 1. The Hall–Kier alpha value is -4.16. The predicted molar refractivity (Wildman–Crippen MR) is 129 cm³/mol. The number of rotatable bonds is 4. The summed E-state index contributed by atoms with van der Waals surface area (Å²) in [6.45, 7) is 0. The summed E-state index contributed by atoms with van der Waals surface area (Å²) in [6.07, 6.45) is -0.904. The summed E-state index contributed by atoms with van der Waals surface area (Å²) in [4.78, 5) is 34.8. The highest BCUT2D eigenvalue weighted by Crippen LogP contribution is 2.48. The Kier molecular flexibility index (Phi) is 4.81. The highest BCUT2D eigenvalue weighted by molar-refractivity contribution is 6.24. The zero-order valence-electron chi connectivity index (χ0n) is 18.5. The maximum Gasteiger partial charge on any atom is 0.266 e. The third-order valence-corrected chi connectivity index (χ3v) is 6.60. The summed E-state index contributed by atoms with van der Waals surface area (Å²) in [7, 11) is 1.58.